The van der Waals surface area contributed by atoms with Crippen LogP contribution in [-0.2, 0) is 23.1 Å². The van der Waals surface area contributed by atoms with Crippen molar-refractivity contribution in [3.8, 4) is 0 Å². The minimum absolute atomic E-state index is 0.0793. The number of rotatable bonds is 9. The van der Waals surface area contributed by atoms with Crippen LogP contribution in [0.15, 0.2) is 11.6 Å². The zero-order valence-electron chi connectivity index (χ0n) is 21.3. The largest absolute Gasteiger partial charge is 0.410 e. The minimum Gasteiger partial charge on any atom is -0.410 e. The molecular weight excluding hydrogens is 412 g/mol. The molecule has 0 aromatic heterocycles. The van der Waals surface area contributed by atoms with Gasteiger partial charge in [0, 0.05) is 20.0 Å². The van der Waals surface area contributed by atoms with Gasteiger partial charge in [-0.3, -0.25) is 4.79 Å². The lowest BCUT2D eigenvalue weighted by atomic mass is 9.88. The zero-order valence-corrected chi connectivity index (χ0v) is 23.3. The lowest BCUT2D eigenvalue weighted by Crippen LogP contribution is -2.51. The molecule has 1 aliphatic rings. The van der Waals surface area contributed by atoms with Gasteiger partial charge in [-0.05, 0) is 48.3 Å². The van der Waals surface area contributed by atoms with Gasteiger partial charge in [0.25, 0.3) is 0 Å². The Morgan fingerprint density at radius 2 is 1.33 bits per heavy atom. The third-order valence-electron chi connectivity index (χ3n) is 6.90. The van der Waals surface area contributed by atoms with Gasteiger partial charge in [-0.2, -0.15) is 0 Å². The van der Waals surface area contributed by atoms with E-state index >= 15 is 0 Å². The number of ketones is 1. The van der Waals surface area contributed by atoms with Crippen molar-refractivity contribution < 1.29 is 23.1 Å². The van der Waals surface area contributed by atoms with Gasteiger partial charge in [0.1, 0.15) is 12.6 Å². The van der Waals surface area contributed by atoms with Crippen LogP contribution < -0.4 is 0 Å². The second-order valence-electron chi connectivity index (χ2n) is 11.5. The first kappa shape index (κ1) is 27.7. The highest BCUT2D eigenvalue weighted by atomic mass is 28.4. The Bertz CT molecular complexity index is 558. The van der Waals surface area contributed by atoms with E-state index in [4.69, 9.17) is 18.3 Å². The number of ether oxygens (including phenoxy) is 2. The molecule has 1 saturated carbocycles. The van der Waals surface area contributed by atoms with Crippen LogP contribution in [0.1, 0.15) is 60.8 Å². The van der Waals surface area contributed by atoms with Gasteiger partial charge in [0.05, 0.1) is 18.8 Å². The van der Waals surface area contributed by atoms with E-state index < -0.39 is 16.6 Å². The van der Waals surface area contributed by atoms with E-state index in [2.05, 4.69) is 73.8 Å². The molecule has 0 saturated heterocycles. The molecule has 7 heteroatoms. The molecular formula is C23H46O5Si2. The summed E-state index contributed by atoms with van der Waals surface area (Å²) in [4.78, 5) is 12.7. The number of methoxy groups -OCH3 is 1. The van der Waals surface area contributed by atoms with Crippen LogP contribution >= 0.6 is 0 Å². The van der Waals surface area contributed by atoms with E-state index in [0.717, 1.165) is 12.0 Å². The Balaban J connectivity index is 3.19. The Labute approximate surface area is 187 Å². The maximum absolute atomic E-state index is 12.7. The molecule has 0 N–H and O–H groups in total. The van der Waals surface area contributed by atoms with E-state index in [1.807, 2.05) is 0 Å². The molecule has 0 amide bonds. The standard InChI is InChI=1S/C23H46O5Si2/c1-22(2,3)29(8,9)27-20-15-18(24)16-21(28-30(10,11)23(4,5)6)19(20)13-12-14-26-17-25-7/h13,20-21H,12,14-17H2,1-11H3/t20-,21-/m1/s1. The number of hydrogen-bond acceptors (Lipinski definition) is 5. The maximum atomic E-state index is 12.7. The summed E-state index contributed by atoms with van der Waals surface area (Å²) in [5, 5.41) is 0.159. The fourth-order valence-corrected chi connectivity index (χ4v) is 5.51. The van der Waals surface area contributed by atoms with Crippen molar-refractivity contribution in [3.63, 3.8) is 0 Å². The van der Waals surface area contributed by atoms with Crippen LogP contribution in [0, 0.1) is 0 Å². The molecule has 0 heterocycles. The fraction of sp³-hybridized carbons (Fsp3) is 0.870. The van der Waals surface area contributed by atoms with Crippen LogP contribution in [-0.4, -0.2) is 55.1 Å². The van der Waals surface area contributed by atoms with Crippen molar-refractivity contribution in [2.75, 3.05) is 20.5 Å². The van der Waals surface area contributed by atoms with E-state index in [1.165, 1.54) is 0 Å². The van der Waals surface area contributed by atoms with Gasteiger partial charge in [-0.15, -0.1) is 0 Å². The number of carbonyl (C=O) groups is 1. The van der Waals surface area contributed by atoms with E-state index in [1.54, 1.807) is 7.11 Å². The third-order valence-corrected chi connectivity index (χ3v) is 15.9. The SMILES string of the molecule is COCOCCC=C1[C@H](O[Si](C)(C)C(C)(C)C)CC(=O)C[C@H]1O[Si](C)(C)C(C)(C)C. The first-order valence-electron chi connectivity index (χ1n) is 11.2. The molecule has 1 aliphatic carbocycles. The van der Waals surface area contributed by atoms with Crippen LogP contribution in [0.3, 0.4) is 0 Å². The highest BCUT2D eigenvalue weighted by Gasteiger charge is 2.46. The van der Waals surface area contributed by atoms with E-state index in [0.29, 0.717) is 19.4 Å². The molecule has 0 aliphatic heterocycles. The van der Waals surface area contributed by atoms with Crippen molar-refractivity contribution in [2.45, 2.75) is 109 Å². The number of hydrogen-bond donors (Lipinski definition) is 0. The summed E-state index contributed by atoms with van der Waals surface area (Å²) >= 11 is 0. The highest BCUT2D eigenvalue weighted by molar-refractivity contribution is 6.74. The molecule has 30 heavy (non-hydrogen) atoms. The molecule has 1 fully saturated rings. The van der Waals surface area contributed by atoms with Gasteiger partial charge in [-0.25, -0.2) is 0 Å². The van der Waals surface area contributed by atoms with Crippen LogP contribution in [0.25, 0.3) is 0 Å². The summed E-state index contributed by atoms with van der Waals surface area (Å²) in [5.41, 5.74) is 1.13. The molecule has 0 bridgehead atoms. The average molecular weight is 459 g/mol. The predicted octanol–water partition coefficient (Wildman–Crippen LogP) is 6.07. The van der Waals surface area contributed by atoms with Crippen molar-refractivity contribution in [1.29, 1.82) is 0 Å². The molecule has 0 radical (unpaired) electrons. The van der Waals surface area contributed by atoms with Gasteiger partial charge >= 0.3 is 0 Å². The predicted molar refractivity (Wildman–Crippen MR) is 129 cm³/mol. The van der Waals surface area contributed by atoms with Gasteiger partial charge in [0.15, 0.2) is 16.6 Å². The molecule has 176 valence electrons. The first-order chi connectivity index (χ1) is 13.5. The first-order valence-corrected chi connectivity index (χ1v) is 17.0. The van der Waals surface area contributed by atoms with Crippen LogP contribution in [0.4, 0.5) is 0 Å². The zero-order chi connectivity index (χ0) is 23.4. The lowest BCUT2D eigenvalue weighted by Gasteiger charge is -2.45. The second-order valence-corrected chi connectivity index (χ2v) is 21.0. The molecule has 0 aromatic carbocycles. The summed E-state index contributed by atoms with van der Waals surface area (Å²) in [7, 11) is -2.45. The molecule has 5 nitrogen and oxygen atoms in total. The van der Waals surface area contributed by atoms with Gasteiger partial charge < -0.3 is 18.3 Å². The Morgan fingerprint density at radius 1 is 0.900 bits per heavy atom. The second kappa shape index (κ2) is 10.5. The minimum atomic E-state index is -2.04. The van der Waals surface area contributed by atoms with Crippen molar-refractivity contribution >= 4 is 22.4 Å². The smallest absolute Gasteiger partial charge is 0.192 e. The fourth-order valence-electron chi connectivity index (χ4n) is 2.94. The summed E-state index contributed by atoms with van der Waals surface area (Å²) in [6.07, 6.45) is 3.41. The Morgan fingerprint density at radius 3 is 1.70 bits per heavy atom. The maximum Gasteiger partial charge on any atom is 0.192 e. The van der Waals surface area contributed by atoms with Crippen molar-refractivity contribution in [2.24, 2.45) is 0 Å². The van der Waals surface area contributed by atoms with Crippen molar-refractivity contribution in [1.82, 2.24) is 0 Å². The molecule has 1 rings (SSSR count). The number of carbonyl (C=O) groups excluding carboxylic acids is 1. The van der Waals surface area contributed by atoms with Crippen molar-refractivity contribution in [3.05, 3.63) is 11.6 Å². The third kappa shape index (κ3) is 7.67. The quantitative estimate of drug-likeness (QED) is 0.182. The Kier molecular flexibility index (Phi) is 9.73. The molecule has 0 aromatic rings. The van der Waals surface area contributed by atoms with Gasteiger partial charge in [-0.1, -0.05) is 47.6 Å². The monoisotopic (exact) mass is 458 g/mol. The lowest BCUT2D eigenvalue weighted by molar-refractivity contribution is -0.123. The van der Waals surface area contributed by atoms with Gasteiger partial charge in [0.2, 0.25) is 0 Å². The summed E-state index contributed by atoms with van der Waals surface area (Å²) in [6, 6.07) is 0. The Hall–Kier alpha value is -0.316. The molecule has 0 spiro atoms. The summed E-state index contributed by atoms with van der Waals surface area (Å²) in [5.74, 6) is 0.232. The van der Waals surface area contributed by atoms with Crippen LogP contribution in [0.2, 0.25) is 36.3 Å². The number of Topliss-reactive ketones (excluding diaryl/α,β-unsaturated/α-hetero) is 1. The molecule has 0 unspecified atom stereocenters. The normalized spacial score (nSPS) is 21.8. The summed E-state index contributed by atoms with van der Waals surface area (Å²) in [6.45, 7) is 23.2. The average Bonchev–Trinajstić information content (AvgIpc) is 2.53. The van der Waals surface area contributed by atoms with Crippen LogP contribution in [0.5, 0.6) is 0 Å². The molecule has 2 atom stereocenters. The summed E-state index contributed by atoms with van der Waals surface area (Å²) < 4.78 is 24.0. The van der Waals surface area contributed by atoms with E-state index in [9.17, 15) is 4.79 Å². The van der Waals surface area contributed by atoms with E-state index in [-0.39, 0.29) is 34.9 Å². The topological polar surface area (TPSA) is 54.0 Å². The highest BCUT2D eigenvalue weighted by Crippen LogP contribution is 2.43.